The molecule has 23 heavy (non-hydrogen) atoms. The molecule has 3 aromatic rings. The lowest BCUT2D eigenvalue weighted by atomic mass is 10.1. The summed E-state index contributed by atoms with van der Waals surface area (Å²) in [6, 6.07) is 12.3. The maximum Gasteiger partial charge on any atom is 0.250 e. The van der Waals surface area contributed by atoms with Gasteiger partial charge in [-0.1, -0.05) is 37.3 Å². The minimum atomic E-state index is -0.166. The quantitative estimate of drug-likeness (QED) is 0.658. The zero-order chi connectivity index (χ0) is 16.1. The average molecular weight is 340 g/mol. The van der Waals surface area contributed by atoms with E-state index < -0.39 is 0 Å². The monoisotopic (exact) mass is 340 g/mol. The molecule has 3 nitrogen and oxygen atoms in total. The standard InChI is InChI=1S/C18H16N2OS2/c1-2-13-5-7-14(8-6-13)16-12-23-18(19-16)20-17(21)10-9-15-4-3-11-22-15/h3-12H,2H2,1H3,(H,19,20,21)/b10-9+. The average Bonchev–Trinajstić information content (AvgIpc) is 3.25. The number of nitrogens with one attached hydrogen (secondary N) is 1. The Morgan fingerprint density at radius 1 is 1.22 bits per heavy atom. The molecule has 0 aliphatic rings. The Kier molecular flexibility index (Phi) is 5.00. The minimum absolute atomic E-state index is 0.166. The normalized spacial score (nSPS) is 11.0. The number of hydrogen-bond donors (Lipinski definition) is 1. The first-order valence-corrected chi connectivity index (χ1v) is 9.08. The number of nitrogens with zero attached hydrogens (tertiary/aromatic N) is 1. The highest BCUT2D eigenvalue weighted by Crippen LogP contribution is 2.25. The second kappa shape index (κ2) is 7.35. The number of aryl methyl sites for hydroxylation is 1. The first kappa shape index (κ1) is 15.6. The van der Waals surface area contributed by atoms with Crippen LogP contribution in [0.2, 0.25) is 0 Å². The molecular formula is C18H16N2OS2. The first-order valence-electron chi connectivity index (χ1n) is 7.32. The Labute approximate surface area is 143 Å². The van der Waals surface area contributed by atoms with Gasteiger partial charge in [-0.15, -0.1) is 22.7 Å². The summed E-state index contributed by atoms with van der Waals surface area (Å²) < 4.78 is 0. The van der Waals surface area contributed by atoms with Crippen molar-refractivity contribution in [2.45, 2.75) is 13.3 Å². The van der Waals surface area contributed by atoms with Crippen molar-refractivity contribution in [3.05, 3.63) is 63.7 Å². The van der Waals surface area contributed by atoms with Crippen molar-refractivity contribution >= 4 is 39.8 Å². The third-order valence-electron chi connectivity index (χ3n) is 3.33. The number of carbonyl (C=O) groups excluding carboxylic acids is 1. The van der Waals surface area contributed by atoms with E-state index in [1.54, 1.807) is 17.4 Å². The highest BCUT2D eigenvalue weighted by atomic mass is 32.1. The highest BCUT2D eigenvalue weighted by Gasteiger charge is 2.06. The fourth-order valence-electron chi connectivity index (χ4n) is 2.07. The van der Waals surface area contributed by atoms with E-state index in [4.69, 9.17) is 0 Å². The predicted molar refractivity (Wildman–Crippen MR) is 98.9 cm³/mol. The molecule has 0 radical (unpaired) electrons. The third-order valence-corrected chi connectivity index (χ3v) is 4.93. The van der Waals surface area contributed by atoms with E-state index >= 15 is 0 Å². The maximum atomic E-state index is 11.9. The van der Waals surface area contributed by atoms with E-state index in [-0.39, 0.29) is 5.91 Å². The van der Waals surface area contributed by atoms with E-state index in [9.17, 15) is 4.79 Å². The minimum Gasteiger partial charge on any atom is -0.298 e. The number of hydrogen-bond acceptors (Lipinski definition) is 4. The molecule has 5 heteroatoms. The van der Waals surface area contributed by atoms with Gasteiger partial charge < -0.3 is 0 Å². The molecule has 0 spiro atoms. The van der Waals surface area contributed by atoms with Crippen LogP contribution < -0.4 is 5.32 Å². The Hall–Kier alpha value is -2.24. The molecular weight excluding hydrogens is 324 g/mol. The number of rotatable bonds is 5. The number of amides is 1. The fraction of sp³-hybridized carbons (Fsp3) is 0.111. The van der Waals surface area contributed by atoms with E-state index in [1.807, 2.05) is 22.9 Å². The Morgan fingerprint density at radius 2 is 2.04 bits per heavy atom. The second-order valence-electron chi connectivity index (χ2n) is 4.93. The van der Waals surface area contributed by atoms with Gasteiger partial charge in [0.05, 0.1) is 5.69 Å². The molecule has 0 atom stereocenters. The first-order chi connectivity index (χ1) is 11.2. The molecule has 0 aliphatic carbocycles. The van der Waals surface area contributed by atoms with E-state index in [0.717, 1.165) is 22.6 Å². The van der Waals surface area contributed by atoms with Gasteiger partial charge >= 0.3 is 0 Å². The van der Waals surface area contributed by atoms with Crippen LogP contribution in [-0.2, 0) is 11.2 Å². The van der Waals surface area contributed by atoms with E-state index in [1.165, 1.54) is 23.0 Å². The van der Waals surface area contributed by atoms with Crippen LogP contribution in [0.25, 0.3) is 17.3 Å². The summed E-state index contributed by atoms with van der Waals surface area (Å²) in [4.78, 5) is 17.4. The Morgan fingerprint density at radius 3 is 2.74 bits per heavy atom. The highest BCUT2D eigenvalue weighted by molar-refractivity contribution is 7.14. The zero-order valence-corrected chi connectivity index (χ0v) is 14.3. The summed E-state index contributed by atoms with van der Waals surface area (Å²) in [6.07, 6.45) is 4.36. The molecule has 2 aromatic heterocycles. The molecule has 2 heterocycles. The third kappa shape index (κ3) is 4.15. The lowest BCUT2D eigenvalue weighted by Crippen LogP contribution is -2.07. The summed E-state index contributed by atoms with van der Waals surface area (Å²) in [5.41, 5.74) is 3.25. The summed E-state index contributed by atoms with van der Waals surface area (Å²) in [7, 11) is 0. The molecule has 3 rings (SSSR count). The van der Waals surface area contributed by atoms with E-state index in [2.05, 4.69) is 41.5 Å². The van der Waals surface area contributed by atoms with Gasteiger partial charge in [-0.2, -0.15) is 0 Å². The van der Waals surface area contributed by atoms with Gasteiger partial charge in [-0.3, -0.25) is 10.1 Å². The molecule has 0 aliphatic heterocycles. The molecule has 1 N–H and O–H groups in total. The summed E-state index contributed by atoms with van der Waals surface area (Å²) in [6.45, 7) is 2.13. The maximum absolute atomic E-state index is 11.9. The van der Waals surface area contributed by atoms with Crippen LogP contribution in [0.4, 0.5) is 5.13 Å². The molecule has 1 aromatic carbocycles. The van der Waals surface area contributed by atoms with Crippen LogP contribution in [-0.4, -0.2) is 10.9 Å². The van der Waals surface area contributed by atoms with Gasteiger partial charge in [0.25, 0.3) is 0 Å². The molecule has 0 bridgehead atoms. The second-order valence-corrected chi connectivity index (χ2v) is 6.76. The number of benzene rings is 1. The fourth-order valence-corrected chi connectivity index (χ4v) is 3.41. The SMILES string of the molecule is CCc1ccc(-c2csc(NC(=O)/C=C/c3cccs3)n2)cc1. The van der Waals surface area contributed by atoms with Crippen LogP contribution in [0.1, 0.15) is 17.4 Å². The van der Waals surface area contributed by atoms with Gasteiger partial charge in [0.1, 0.15) is 0 Å². The van der Waals surface area contributed by atoms with Crippen molar-refractivity contribution in [1.82, 2.24) is 4.98 Å². The topological polar surface area (TPSA) is 42.0 Å². The van der Waals surface area contributed by atoms with Crippen LogP contribution in [0.3, 0.4) is 0 Å². The zero-order valence-electron chi connectivity index (χ0n) is 12.7. The smallest absolute Gasteiger partial charge is 0.250 e. The van der Waals surface area contributed by atoms with Crippen molar-refractivity contribution in [3.63, 3.8) is 0 Å². The van der Waals surface area contributed by atoms with Crippen LogP contribution in [0.5, 0.6) is 0 Å². The Bertz CT molecular complexity index is 802. The molecule has 0 fully saturated rings. The number of thiazole rings is 1. The summed E-state index contributed by atoms with van der Waals surface area (Å²) >= 11 is 3.03. The van der Waals surface area contributed by atoms with Crippen molar-refractivity contribution in [3.8, 4) is 11.3 Å². The molecule has 0 saturated carbocycles. The lowest BCUT2D eigenvalue weighted by Gasteiger charge is -1.99. The summed E-state index contributed by atoms with van der Waals surface area (Å²) in [5, 5.41) is 7.35. The number of aromatic nitrogens is 1. The largest absolute Gasteiger partial charge is 0.298 e. The van der Waals surface area contributed by atoms with Crippen LogP contribution in [0.15, 0.2) is 53.2 Å². The van der Waals surface area contributed by atoms with Gasteiger partial charge in [-0.25, -0.2) is 4.98 Å². The van der Waals surface area contributed by atoms with Crippen LogP contribution >= 0.6 is 22.7 Å². The predicted octanol–water partition coefficient (Wildman–Crippen LogP) is 5.09. The van der Waals surface area contributed by atoms with Gasteiger partial charge in [0, 0.05) is 21.9 Å². The number of anilines is 1. The molecule has 116 valence electrons. The lowest BCUT2D eigenvalue weighted by molar-refractivity contribution is -0.111. The van der Waals surface area contributed by atoms with Crippen molar-refractivity contribution in [1.29, 1.82) is 0 Å². The van der Waals surface area contributed by atoms with Crippen molar-refractivity contribution in [2.24, 2.45) is 0 Å². The van der Waals surface area contributed by atoms with Gasteiger partial charge in [0.2, 0.25) is 5.91 Å². The number of thiophene rings is 1. The number of carbonyl (C=O) groups is 1. The Balaban J connectivity index is 1.65. The molecule has 0 unspecified atom stereocenters. The van der Waals surface area contributed by atoms with Crippen LogP contribution in [0, 0.1) is 0 Å². The summed E-state index contributed by atoms with van der Waals surface area (Å²) in [5.74, 6) is -0.166. The molecule has 0 saturated heterocycles. The van der Waals surface area contributed by atoms with E-state index in [0.29, 0.717) is 5.13 Å². The van der Waals surface area contributed by atoms with Gasteiger partial charge in [-0.05, 0) is 29.5 Å². The van der Waals surface area contributed by atoms with Crippen molar-refractivity contribution < 1.29 is 4.79 Å². The van der Waals surface area contributed by atoms with Crippen molar-refractivity contribution in [2.75, 3.05) is 5.32 Å². The molecule has 1 amide bonds. The van der Waals surface area contributed by atoms with Gasteiger partial charge in [0.15, 0.2) is 5.13 Å².